The standard InChI is InChI=1S/C33H45N5O5Si/c1-31(2)10-8-23(9-11-31)28-27(7-6-26(36-28)24-16-32(20-39)12-13-33(17-24,21-40)43-32)37-30(41)29-35-25(18-34)19-38(29)22-42-14-15-44(3,4)5/h6-8,16,19,39-40H,9-15,17,20-22H2,1-5H3,(H,37,41). The lowest BCUT2D eigenvalue weighted by molar-refractivity contribution is -0.123. The second-order valence-corrected chi connectivity index (χ2v) is 20.2. The summed E-state index contributed by atoms with van der Waals surface area (Å²) in [6.45, 7) is 11.7. The van der Waals surface area contributed by atoms with Gasteiger partial charge in [0.15, 0.2) is 5.69 Å². The summed E-state index contributed by atoms with van der Waals surface area (Å²) in [5.74, 6) is -0.351. The number of pyridine rings is 1. The molecule has 236 valence electrons. The molecule has 4 heterocycles. The fourth-order valence-electron chi connectivity index (χ4n) is 6.15. The maximum absolute atomic E-state index is 13.7. The van der Waals surface area contributed by atoms with Crippen molar-refractivity contribution in [3.8, 4) is 6.07 Å². The average Bonchev–Trinajstić information content (AvgIpc) is 3.53. The quantitative estimate of drug-likeness (QED) is 0.225. The Kier molecular flexibility index (Phi) is 9.04. The molecule has 0 radical (unpaired) electrons. The Morgan fingerprint density at radius 2 is 1.95 bits per heavy atom. The first-order chi connectivity index (χ1) is 20.8. The second kappa shape index (κ2) is 12.3. The van der Waals surface area contributed by atoms with E-state index in [0.717, 1.165) is 42.1 Å². The fourth-order valence-corrected chi connectivity index (χ4v) is 6.90. The number of anilines is 1. The van der Waals surface area contributed by atoms with Crippen molar-refractivity contribution in [2.24, 2.45) is 5.41 Å². The summed E-state index contributed by atoms with van der Waals surface area (Å²) in [5, 5.41) is 32.9. The van der Waals surface area contributed by atoms with Gasteiger partial charge in [0.1, 0.15) is 18.4 Å². The highest BCUT2D eigenvalue weighted by Crippen LogP contribution is 2.49. The number of imidazole rings is 1. The molecule has 0 saturated carbocycles. The Morgan fingerprint density at radius 1 is 1.16 bits per heavy atom. The minimum atomic E-state index is -1.28. The number of carbonyl (C=O) groups excluding carboxylic acids is 1. The van der Waals surface area contributed by atoms with E-state index in [1.54, 1.807) is 4.57 Å². The van der Waals surface area contributed by atoms with Gasteiger partial charge in [0.05, 0.1) is 35.9 Å². The number of carbonyl (C=O) groups is 1. The summed E-state index contributed by atoms with van der Waals surface area (Å²) in [5.41, 5.74) is 2.71. The van der Waals surface area contributed by atoms with Gasteiger partial charge in [-0.3, -0.25) is 4.79 Å². The van der Waals surface area contributed by atoms with E-state index in [1.165, 1.54) is 6.20 Å². The van der Waals surface area contributed by atoms with Gasteiger partial charge in [0, 0.05) is 27.3 Å². The zero-order valence-corrected chi connectivity index (χ0v) is 27.6. The van der Waals surface area contributed by atoms with Crippen molar-refractivity contribution < 1.29 is 24.5 Å². The Morgan fingerprint density at radius 3 is 2.61 bits per heavy atom. The topological polar surface area (TPSA) is 143 Å². The van der Waals surface area contributed by atoms with Crippen LogP contribution in [0, 0.1) is 16.7 Å². The van der Waals surface area contributed by atoms with Crippen LogP contribution < -0.4 is 5.32 Å². The molecule has 2 unspecified atom stereocenters. The van der Waals surface area contributed by atoms with Crippen molar-refractivity contribution in [1.82, 2.24) is 14.5 Å². The molecule has 2 bridgehead atoms. The highest BCUT2D eigenvalue weighted by Gasteiger charge is 2.51. The summed E-state index contributed by atoms with van der Waals surface area (Å²) in [7, 11) is -1.28. The van der Waals surface area contributed by atoms with Crippen molar-refractivity contribution >= 4 is 30.8 Å². The molecule has 2 aliphatic heterocycles. The van der Waals surface area contributed by atoms with Crippen molar-refractivity contribution in [3.05, 3.63) is 53.4 Å². The van der Waals surface area contributed by atoms with Crippen molar-refractivity contribution in [1.29, 1.82) is 5.26 Å². The Balaban J connectivity index is 1.46. The van der Waals surface area contributed by atoms with E-state index < -0.39 is 25.2 Å². The van der Waals surface area contributed by atoms with Gasteiger partial charge < -0.3 is 29.6 Å². The predicted molar refractivity (Wildman–Crippen MR) is 171 cm³/mol. The highest BCUT2D eigenvalue weighted by molar-refractivity contribution is 6.76. The number of allylic oxidation sites excluding steroid dienone is 2. The molecule has 0 spiro atoms. The number of hydrogen-bond donors (Lipinski definition) is 3. The molecule has 5 rings (SSSR count). The number of fused-ring (bicyclic) bond motifs is 2. The van der Waals surface area contributed by atoms with Gasteiger partial charge in [-0.1, -0.05) is 39.6 Å². The third-order valence-corrected chi connectivity index (χ3v) is 10.7. The van der Waals surface area contributed by atoms with Gasteiger partial charge in [-0.15, -0.1) is 0 Å². The van der Waals surface area contributed by atoms with E-state index >= 15 is 0 Å². The third kappa shape index (κ3) is 7.05. The first-order valence-corrected chi connectivity index (χ1v) is 19.2. The lowest BCUT2D eigenvalue weighted by Crippen LogP contribution is -2.43. The Labute approximate surface area is 260 Å². The maximum atomic E-state index is 13.7. The van der Waals surface area contributed by atoms with Crippen LogP contribution in [0.5, 0.6) is 0 Å². The first-order valence-electron chi connectivity index (χ1n) is 15.5. The van der Waals surface area contributed by atoms with Crippen LogP contribution in [-0.4, -0.2) is 69.8 Å². The molecule has 2 aromatic heterocycles. The lowest BCUT2D eigenvalue weighted by Gasteiger charge is -2.37. The molecule has 44 heavy (non-hydrogen) atoms. The van der Waals surface area contributed by atoms with E-state index in [1.807, 2.05) is 24.3 Å². The van der Waals surface area contributed by atoms with Crippen LogP contribution in [-0.2, 0) is 16.2 Å². The lowest BCUT2D eigenvalue weighted by atomic mass is 9.77. The molecule has 1 saturated heterocycles. The average molecular weight is 620 g/mol. The van der Waals surface area contributed by atoms with Gasteiger partial charge in [-0.05, 0) is 72.9 Å². The van der Waals surface area contributed by atoms with Crippen LogP contribution in [0.4, 0.5) is 5.69 Å². The normalized spacial score (nSPS) is 24.4. The summed E-state index contributed by atoms with van der Waals surface area (Å²) in [6, 6.07) is 6.74. The molecule has 10 nitrogen and oxygen atoms in total. The first kappa shape index (κ1) is 32.3. The van der Waals surface area contributed by atoms with Crippen LogP contribution in [0.2, 0.25) is 25.7 Å². The van der Waals surface area contributed by atoms with Crippen LogP contribution in [0.3, 0.4) is 0 Å². The number of nitrogens with one attached hydrogen (secondary N) is 1. The van der Waals surface area contributed by atoms with Crippen molar-refractivity contribution in [2.45, 2.75) is 96.0 Å². The second-order valence-electron chi connectivity index (χ2n) is 14.5. The number of ether oxygens (including phenoxy) is 2. The largest absolute Gasteiger partial charge is 0.393 e. The van der Waals surface area contributed by atoms with Gasteiger partial charge in [0.2, 0.25) is 5.82 Å². The fraction of sp³-hybridized carbons (Fsp3) is 0.576. The van der Waals surface area contributed by atoms with E-state index in [9.17, 15) is 20.3 Å². The molecule has 11 heteroatoms. The number of aliphatic hydroxyl groups excluding tert-OH is 2. The van der Waals surface area contributed by atoms with Crippen molar-refractivity contribution in [2.75, 3.05) is 25.1 Å². The van der Waals surface area contributed by atoms with E-state index in [4.69, 9.17) is 14.5 Å². The number of amides is 1. The minimum absolute atomic E-state index is 0.0989. The molecule has 0 aromatic carbocycles. The summed E-state index contributed by atoms with van der Waals surface area (Å²) >= 11 is 0. The summed E-state index contributed by atoms with van der Waals surface area (Å²) in [6.07, 6.45) is 10.2. The highest BCUT2D eigenvalue weighted by atomic mass is 28.3. The number of nitrogens with zero attached hydrogens (tertiary/aromatic N) is 4. The van der Waals surface area contributed by atoms with E-state index in [-0.39, 0.29) is 36.9 Å². The number of rotatable bonds is 11. The summed E-state index contributed by atoms with van der Waals surface area (Å²) < 4.78 is 13.6. The molecule has 1 amide bonds. The maximum Gasteiger partial charge on any atom is 0.291 e. The number of hydrogen-bond acceptors (Lipinski definition) is 8. The van der Waals surface area contributed by atoms with E-state index in [0.29, 0.717) is 37.3 Å². The number of aliphatic hydroxyl groups is 2. The van der Waals surface area contributed by atoms with Gasteiger partial charge in [-0.25, -0.2) is 9.97 Å². The molecule has 1 aliphatic carbocycles. The SMILES string of the molecule is CC1(C)CC=C(c2nc(C3=CC4(CO)CCC(CO)(C3)O4)ccc2NC(=O)c2nc(C#N)cn2COCC[Si](C)(C)C)CC1. The zero-order valence-electron chi connectivity index (χ0n) is 26.6. The Hall–Kier alpha value is -3.14. The van der Waals surface area contributed by atoms with E-state index in [2.05, 4.69) is 49.9 Å². The van der Waals surface area contributed by atoms with Gasteiger partial charge in [0.25, 0.3) is 5.91 Å². The number of aromatic nitrogens is 3. The molecule has 1 fully saturated rings. The van der Waals surface area contributed by atoms with Crippen LogP contribution in [0.1, 0.15) is 80.1 Å². The predicted octanol–water partition coefficient (Wildman–Crippen LogP) is 5.37. The van der Waals surface area contributed by atoms with Crippen LogP contribution in [0.15, 0.2) is 30.5 Å². The zero-order chi connectivity index (χ0) is 31.8. The summed E-state index contributed by atoms with van der Waals surface area (Å²) in [4.78, 5) is 23.0. The van der Waals surface area contributed by atoms with Crippen LogP contribution >= 0.6 is 0 Å². The number of nitriles is 1. The Bertz CT molecular complexity index is 1520. The van der Waals surface area contributed by atoms with Gasteiger partial charge >= 0.3 is 0 Å². The molecular formula is C33H45N5O5Si. The minimum Gasteiger partial charge on any atom is -0.393 e. The molecule has 2 atom stereocenters. The molecule has 3 N–H and O–H groups in total. The van der Waals surface area contributed by atoms with Crippen molar-refractivity contribution in [3.63, 3.8) is 0 Å². The molecule has 2 aromatic rings. The smallest absolute Gasteiger partial charge is 0.291 e. The van der Waals surface area contributed by atoms with Crippen LogP contribution in [0.25, 0.3) is 11.1 Å². The third-order valence-electron chi connectivity index (χ3n) is 9.00. The van der Waals surface area contributed by atoms with Gasteiger partial charge in [-0.2, -0.15) is 5.26 Å². The molecular weight excluding hydrogens is 574 g/mol. The monoisotopic (exact) mass is 619 g/mol. The molecule has 3 aliphatic rings.